The van der Waals surface area contributed by atoms with Gasteiger partial charge >= 0.3 is 5.97 Å². The van der Waals surface area contributed by atoms with E-state index < -0.39 is 29.6 Å². The van der Waals surface area contributed by atoms with E-state index in [0.29, 0.717) is 0 Å². The Balaban J connectivity index is 2.77. The minimum absolute atomic E-state index is 0.0689. The highest BCUT2D eigenvalue weighted by Crippen LogP contribution is 2.13. The molecule has 0 aromatic heterocycles. The molecule has 16 heavy (non-hydrogen) atoms. The van der Waals surface area contributed by atoms with Crippen LogP contribution in [0.2, 0.25) is 0 Å². The minimum atomic E-state index is -1.76. The molecule has 1 amide bonds. The Labute approximate surface area is 88.9 Å². The van der Waals surface area contributed by atoms with Crippen molar-refractivity contribution in [2.75, 3.05) is 5.32 Å². The number of carbonyl (C=O) groups excluding carboxylic acids is 1. The first-order chi connectivity index (χ1) is 7.41. The van der Waals surface area contributed by atoms with Crippen LogP contribution in [0.3, 0.4) is 0 Å². The van der Waals surface area contributed by atoms with Crippen molar-refractivity contribution >= 4 is 17.6 Å². The Morgan fingerprint density at radius 2 is 1.94 bits per heavy atom. The van der Waals surface area contributed by atoms with Crippen LogP contribution < -0.4 is 11.1 Å². The summed E-state index contributed by atoms with van der Waals surface area (Å²) in [4.78, 5) is 21.4. The summed E-state index contributed by atoms with van der Waals surface area (Å²) in [5.74, 6) is -4.75. The molecule has 0 aliphatic rings. The highest BCUT2D eigenvalue weighted by Gasteiger charge is 2.21. The standard InChI is InChI=1S/C9H8F2N2O3/c10-5-2-1-4(3-6(5)11)13-8(14)7(12)9(15)16/h1-3,7H,12H2,(H,13,14)(H,15,16). The van der Waals surface area contributed by atoms with E-state index >= 15 is 0 Å². The molecule has 1 rings (SSSR count). The van der Waals surface area contributed by atoms with Crippen LogP contribution in [0.1, 0.15) is 0 Å². The van der Waals surface area contributed by atoms with E-state index in [2.05, 4.69) is 0 Å². The van der Waals surface area contributed by atoms with Gasteiger partial charge in [0, 0.05) is 11.8 Å². The van der Waals surface area contributed by atoms with Crippen LogP contribution in [-0.4, -0.2) is 23.0 Å². The third kappa shape index (κ3) is 2.74. The van der Waals surface area contributed by atoms with Crippen molar-refractivity contribution in [2.45, 2.75) is 6.04 Å². The fourth-order valence-electron chi connectivity index (χ4n) is 0.906. The lowest BCUT2D eigenvalue weighted by Crippen LogP contribution is -2.42. The predicted molar refractivity (Wildman–Crippen MR) is 50.6 cm³/mol. The van der Waals surface area contributed by atoms with E-state index in [1.54, 1.807) is 0 Å². The number of nitrogens with one attached hydrogen (secondary N) is 1. The Morgan fingerprint density at radius 3 is 2.44 bits per heavy atom. The molecule has 1 aromatic rings. The lowest BCUT2D eigenvalue weighted by atomic mass is 10.2. The smallest absolute Gasteiger partial charge is 0.330 e. The fourth-order valence-corrected chi connectivity index (χ4v) is 0.906. The third-order valence-electron chi connectivity index (χ3n) is 1.74. The van der Waals surface area contributed by atoms with Gasteiger partial charge in [-0.3, -0.25) is 4.79 Å². The monoisotopic (exact) mass is 230 g/mol. The number of carbonyl (C=O) groups is 2. The van der Waals surface area contributed by atoms with Gasteiger partial charge < -0.3 is 16.2 Å². The summed E-state index contributed by atoms with van der Waals surface area (Å²) < 4.78 is 25.2. The first-order valence-corrected chi connectivity index (χ1v) is 4.16. The molecule has 0 heterocycles. The molecule has 0 fully saturated rings. The molecule has 1 unspecified atom stereocenters. The average molecular weight is 230 g/mol. The summed E-state index contributed by atoms with van der Waals surface area (Å²) in [5, 5.41) is 10.4. The van der Waals surface area contributed by atoms with Crippen LogP contribution in [0.15, 0.2) is 18.2 Å². The number of carboxylic acid groups (broad SMARTS) is 1. The van der Waals surface area contributed by atoms with Crippen molar-refractivity contribution in [3.05, 3.63) is 29.8 Å². The van der Waals surface area contributed by atoms with Crippen LogP contribution >= 0.6 is 0 Å². The first-order valence-electron chi connectivity index (χ1n) is 4.16. The summed E-state index contributed by atoms with van der Waals surface area (Å²) in [5.41, 5.74) is 4.93. The van der Waals surface area contributed by atoms with Crippen LogP contribution in [0.25, 0.3) is 0 Å². The molecule has 4 N–H and O–H groups in total. The van der Waals surface area contributed by atoms with Gasteiger partial charge in [-0.15, -0.1) is 0 Å². The van der Waals surface area contributed by atoms with Crippen molar-refractivity contribution in [1.29, 1.82) is 0 Å². The minimum Gasteiger partial charge on any atom is -0.480 e. The fraction of sp³-hybridized carbons (Fsp3) is 0.111. The summed E-state index contributed by atoms with van der Waals surface area (Å²) in [6.07, 6.45) is 0. The zero-order valence-electron chi connectivity index (χ0n) is 7.91. The van der Waals surface area contributed by atoms with Crippen LogP contribution in [0.5, 0.6) is 0 Å². The second-order valence-corrected chi connectivity index (χ2v) is 2.93. The van der Waals surface area contributed by atoms with Crippen LogP contribution in [0.4, 0.5) is 14.5 Å². The maximum absolute atomic E-state index is 12.7. The van der Waals surface area contributed by atoms with Gasteiger partial charge in [0.25, 0.3) is 5.91 Å². The molecule has 1 atom stereocenters. The molecule has 0 saturated heterocycles. The summed E-state index contributed by atoms with van der Waals surface area (Å²) in [7, 11) is 0. The normalized spacial score (nSPS) is 11.9. The summed E-state index contributed by atoms with van der Waals surface area (Å²) in [6, 6.07) is 0.859. The Morgan fingerprint density at radius 1 is 1.31 bits per heavy atom. The molecule has 0 aliphatic carbocycles. The maximum atomic E-state index is 12.7. The first kappa shape index (κ1) is 12.1. The highest BCUT2D eigenvalue weighted by molar-refractivity contribution is 6.07. The molecule has 0 spiro atoms. The molecular weight excluding hydrogens is 222 g/mol. The van der Waals surface area contributed by atoms with E-state index in [9.17, 15) is 18.4 Å². The number of hydrogen-bond donors (Lipinski definition) is 3. The highest BCUT2D eigenvalue weighted by atomic mass is 19.2. The van der Waals surface area contributed by atoms with E-state index in [0.717, 1.165) is 18.2 Å². The number of carboxylic acids is 1. The summed E-state index contributed by atoms with van der Waals surface area (Å²) in [6.45, 7) is 0. The summed E-state index contributed by atoms with van der Waals surface area (Å²) >= 11 is 0. The number of anilines is 1. The SMILES string of the molecule is NC(C(=O)O)C(=O)Nc1ccc(F)c(F)c1. The number of rotatable bonds is 3. The number of hydrogen-bond acceptors (Lipinski definition) is 3. The quantitative estimate of drug-likeness (QED) is 0.652. The van der Waals surface area contributed by atoms with Gasteiger partial charge in [-0.2, -0.15) is 0 Å². The van der Waals surface area contributed by atoms with Crippen LogP contribution in [-0.2, 0) is 9.59 Å². The van der Waals surface area contributed by atoms with Gasteiger partial charge in [0.05, 0.1) is 0 Å². The van der Waals surface area contributed by atoms with Gasteiger partial charge in [-0.25, -0.2) is 13.6 Å². The lowest BCUT2D eigenvalue weighted by Gasteiger charge is -2.08. The third-order valence-corrected chi connectivity index (χ3v) is 1.74. The number of benzene rings is 1. The largest absolute Gasteiger partial charge is 0.480 e. The topological polar surface area (TPSA) is 92.4 Å². The zero-order chi connectivity index (χ0) is 12.3. The Hall–Kier alpha value is -2.02. The predicted octanol–water partition coefficient (Wildman–Crippen LogP) is 0.315. The van der Waals surface area contributed by atoms with E-state index in [-0.39, 0.29) is 5.69 Å². The van der Waals surface area contributed by atoms with Crippen molar-refractivity contribution < 1.29 is 23.5 Å². The number of halogens is 2. The molecule has 7 heteroatoms. The van der Waals surface area contributed by atoms with Crippen molar-refractivity contribution in [3.63, 3.8) is 0 Å². The number of aliphatic carboxylic acids is 1. The van der Waals surface area contributed by atoms with Crippen molar-refractivity contribution in [2.24, 2.45) is 5.73 Å². The van der Waals surface area contributed by atoms with Crippen LogP contribution in [0, 0.1) is 11.6 Å². The van der Waals surface area contributed by atoms with E-state index in [1.807, 2.05) is 5.32 Å². The number of amides is 1. The molecule has 5 nitrogen and oxygen atoms in total. The van der Waals surface area contributed by atoms with Gasteiger partial charge in [0.2, 0.25) is 0 Å². The van der Waals surface area contributed by atoms with E-state index in [4.69, 9.17) is 10.8 Å². The van der Waals surface area contributed by atoms with Gasteiger partial charge in [-0.05, 0) is 12.1 Å². The molecule has 1 aromatic carbocycles. The Kier molecular flexibility index (Phi) is 3.51. The molecule has 0 saturated carbocycles. The van der Waals surface area contributed by atoms with Crippen molar-refractivity contribution in [3.8, 4) is 0 Å². The van der Waals surface area contributed by atoms with Crippen molar-refractivity contribution in [1.82, 2.24) is 0 Å². The molecular formula is C9H8F2N2O3. The van der Waals surface area contributed by atoms with Gasteiger partial charge in [0.1, 0.15) is 0 Å². The van der Waals surface area contributed by atoms with Gasteiger partial charge in [-0.1, -0.05) is 0 Å². The second kappa shape index (κ2) is 4.67. The molecule has 0 bridgehead atoms. The zero-order valence-corrected chi connectivity index (χ0v) is 7.91. The number of nitrogens with two attached hydrogens (primary N) is 1. The maximum Gasteiger partial charge on any atom is 0.330 e. The molecule has 86 valence electrons. The molecule has 0 radical (unpaired) electrons. The molecule has 0 aliphatic heterocycles. The van der Waals surface area contributed by atoms with E-state index in [1.165, 1.54) is 0 Å². The lowest BCUT2D eigenvalue weighted by molar-refractivity contribution is -0.141. The van der Waals surface area contributed by atoms with Gasteiger partial charge in [0.15, 0.2) is 17.7 Å². The second-order valence-electron chi connectivity index (χ2n) is 2.93. The Bertz CT molecular complexity index is 437. The average Bonchev–Trinajstić information content (AvgIpc) is 2.22.